The van der Waals surface area contributed by atoms with E-state index in [9.17, 15) is 4.79 Å². The first-order valence-electron chi connectivity index (χ1n) is 5.77. The van der Waals surface area contributed by atoms with E-state index in [0.29, 0.717) is 30.3 Å². The fourth-order valence-electron chi connectivity index (χ4n) is 2.01. The second kappa shape index (κ2) is 5.59. The van der Waals surface area contributed by atoms with Gasteiger partial charge < -0.3 is 5.32 Å². The van der Waals surface area contributed by atoms with Crippen LogP contribution in [0.2, 0.25) is 0 Å². The van der Waals surface area contributed by atoms with E-state index in [1.165, 1.54) is 0 Å². The Morgan fingerprint density at radius 1 is 1.38 bits per heavy atom. The molecule has 1 aliphatic heterocycles. The lowest BCUT2D eigenvalue weighted by Gasteiger charge is -2.31. The van der Waals surface area contributed by atoms with Crippen LogP contribution < -0.4 is 5.32 Å². The van der Waals surface area contributed by atoms with Gasteiger partial charge in [-0.2, -0.15) is 0 Å². The summed E-state index contributed by atoms with van der Waals surface area (Å²) in [5, 5.41) is 3.46. The van der Waals surface area contributed by atoms with E-state index in [4.69, 9.17) is 12.2 Å². The van der Waals surface area contributed by atoms with Gasteiger partial charge in [-0.05, 0) is 39.9 Å². The van der Waals surface area contributed by atoms with Gasteiger partial charge in [0.2, 0.25) is 5.91 Å². The Morgan fingerprint density at radius 3 is 2.31 bits per heavy atom. The van der Waals surface area contributed by atoms with Crippen molar-refractivity contribution in [3.63, 3.8) is 0 Å². The Kier molecular flexibility index (Phi) is 4.68. The molecule has 1 heterocycles. The molecule has 0 aromatic carbocycles. The van der Waals surface area contributed by atoms with E-state index in [0.717, 1.165) is 6.54 Å². The van der Waals surface area contributed by atoms with Gasteiger partial charge in [-0.3, -0.25) is 14.6 Å². The molecule has 92 valence electrons. The smallest absolute Gasteiger partial charge is 0.248 e. The van der Waals surface area contributed by atoms with Crippen molar-refractivity contribution in [2.45, 2.75) is 39.8 Å². The van der Waals surface area contributed by atoms with Crippen LogP contribution in [0.3, 0.4) is 0 Å². The maximum atomic E-state index is 11.5. The molecule has 0 radical (unpaired) electrons. The van der Waals surface area contributed by atoms with Crippen molar-refractivity contribution < 1.29 is 4.79 Å². The lowest BCUT2D eigenvalue weighted by Crippen LogP contribution is -2.44. The van der Waals surface area contributed by atoms with Crippen molar-refractivity contribution >= 4 is 23.2 Å². The number of carbonyl (C=O) groups is 1. The van der Waals surface area contributed by atoms with Gasteiger partial charge >= 0.3 is 0 Å². The van der Waals surface area contributed by atoms with Crippen LogP contribution in [0.4, 0.5) is 0 Å². The molecule has 1 N–H and O–H groups in total. The molecular weight excluding hydrogens is 222 g/mol. The van der Waals surface area contributed by atoms with Crippen LogP contribution >= 0.6 is 12.2 Å². The van der Waals surface area contributed by atoms with Crippen molar-refractivity contribution in [3.05, 3.63) is 0 Å². The van der Waals surface area contributed by atoms with Gasteiger partial charge in [-0.15, -0.1) is 0 Å². The van der Waals surface area contributed by atoms with Gasteiger partial charge in [-0.25, -0.2) is 0 Å². The summed E-state index contributed by atoms with van der Waals surface area (Å²) in [5.74, 6) is 0.0810. The van der Waals surface area contributed by atoms with E-state index >= 15 is 0 Å². The molecule has 4 nitrogen and oxygen atoms in total. The number of carbonyl (C=O) groups excluding carboxylic acids is 1. The molecule has 1 rings (SSSR count). The van der Waals surface area contributed by atoms with E-state index in [1.54, 1.807) is 4.90 Å². The number of hydrogen-bond donors (Lipinski definition) is 1. The molecule has 5 heteroatoms. The van der Waals surface area contributed by atoms with E-state index in [1.807, 2.05) is 0 Å². The Balaban J connectivity index is 2.49. The third-order valence-electron chi connectivity index (χ3n) is 2.85. The van der Waals surface area contributed by atoms with Crippen molar-refractivity contribution in [3.8, 4) is 0 Å². The average molecular weight is 243 g/mol. The zero-order valence-corrected chi connectivity index (χ0v) is 11.3. The molecule has 0 unspecified atom stereocenters. The standard InChI is InChI=1S/C11H21N3OS/c1-8(2)13(9(3)4)5-6-14-10(15)7-12-11(14)16/h8-9H,5-7H2,1-4H3,(H,12,16). The summed E-state index contributed by atoms with van der Waals surface area (Å²) in [6.07, 6.45) is 0. The molecule has 0 aliphatic carbocycles. The van der Waals surface area contributed by atoms with Crippen molar-refractivity contribution in [1.29, 1.82) is 0 Å². The number of rotatable bonds is 5. The van der Waals surface area contributed by atoms with Crippen molar-refractivity contribution in [2.75, 3.05) is 19.6 Å². The molecular formula is C11H21N3OS. The third kappa shape index (κ3) is 3.15. The maximum absolute atomic E-state index is 11.5. The summed E-state index contributed by atoms with van der Waals surface area (Å²) in [4.78, 5) is 15.5. The number of nitrogens with one attached hydrogen (secondary N) is 1. The summed E-state index contributed by atoms with van der Waals surface area (Å²) in [5.41, 5.74) is 0. The largest absolute Gasteiger partial charge is 0.353 e. The first-order valence-corrected chi connectivity index (χ1v) is 6.18. The van der Waals surface area contributed by atoms with Gasteiger partial charge in [0.05, 0.1) is 6.54 Å². The average Bonchev–Trinajstić information content (AvgIpc) is 2.47. The first-order chi connectivity index (χ1) is 7.43. The highest BCUT2D eigenvalue weighted by Gasteiger charge is 2.26. The Labute approximate surface area is 103 Å². The molecule has 1 aliphatic rings. The monoisotopic (exact) mass is 243 g/mol. The van der Waals surface area contributed by atoms with E-state index in [-0.39, 0.29) is 5.91 Å². The molecule has 0 saturated carbocycles. The molecule has 0 aromatic heterocycles. The predicted molar refractivity (Wildman–Crippen MR) is 69.3 cm³/mol. The van der Waals surface area contributed by atoms with Crippen LogP contribution in [0.5, 0.6) is 0 Å². The summed E-state index contributed by atoms with van der Waals surface area (Å²) in [7, 11) is 0. The fourth-order valence-corrected chi connectivity index (χ4v) is 2.28. The second-order valence-electron chi connectivity index (χ2n) is 4.63. The zero-order chi connectivity index (χ0) is 12.3. The topological polar surface area (TPSA) is 35.6 Å². The maximum Gasteiger partial charge on any atom is 0.248 e. The van der Waals surface area contributed by atoms with E-state index < -0.39 is 0 Å². The first kappa shape index (κ1) is 13.4. The number of nitrogens with zero attached hydrogens (tertiary/aromatic N) is 2. The van der Waals surface area contributed by atoms with Gasteiger partial charge in [0.15, 0.2) is 5.11 Å². The molecule has 16 heavy (non-hydrogen) atoms. The molecule has 0 bridgehead atoms. The van der Waals surface area contributed by atoms with Crippen LogP contribution in [-0.2, 0) is 4.79 Å². The Hall–Kier alpha value is -0.680. The number of amides is 1. The summed E-state index contributed by atoms with van der Waals surface area (Å²) < 4.78 is 0. The van der Waals surface area contributed by atoms with Crippen LogP contribution in [0, 0.1) is 0 Å². The lowest BCUT2D eigenvalue weighted by atomic mass is 10.2. The molecule has 1 amide bonds. The number of hydrogen-bond acceptors (Lipinski definition) is 3. The number of thiocarbonyl (C=S) groups is 1. The minimum atomic E-state index is 0.0810. The summed E-state index contributed by atoms with van der Waals surface area (Å²) in [6.45, 7) is 10.6. The van der Waals surface area contributed by atoms with Gasteiger partial charge in [-0.1, -0.05) is 0 Å². The highest BCUT2D eigenvalue weighted by Crippen LogP contribution is 2.06. The van der Waals surface area contributed by atoms with Gasteiger partial charge in [0, 0.05) is 25.2 Å². The highest BCUT2D eigenvalue weighted by atomic mass is 32.1. The molecule has 0 aromatic rings. The van der Waals surface area contributed by atoms with Crippen LogP contribution in [-0.4, -0.2) is 52.5 Å². The molecule has 0 atom stereocenters. The second-order valence-corrected chi connectivity index (χ2v) is 5.02. The van der Waals surface area contributed by atoms with Crippen LogP contribution in [0.25, 0.3) is 0 Å². The molecule has 1 fully saturated rings. The highest BCUT2D eigenvalue weighted by molar-refractivity contribution is 7.80. The van der Waals surface area contributed by atoms with Crippen LogP contribution in [0.1, 0.15) is 27.7 Å². The quantitative estimate of drug-likeness (QED) is 0.725. The lowest BCUT2D eigenvalue weighted by molar-refractivity contribution is -0.124. The minimum Gasteiger partial charge on any atom is -0.353 e. The van der Waals surface area contributed by atoms with Crippen molar-refractivity contribution in [1.82, 2.24) is 15.1 Å². The Morgan fingerprint density at radius 2 is 1.94 bits per heavy atom. The zero-order valence-electron chi connectivity index (χ0n) is 10.5. The van der Waals surface area contributed by atoms with Gasteiger partial charge in [0.25, 0.3) is 0 Å². The minimum absolute atomic E-state index is 0.0810. The fraction of sp³-hybridized carbons (Fsp3) is 0.818. The summed E-state index contributed by atoms with van der Waals surface area (Å²) in [6, 6.07) is 0.971. The summed E-state index contributed by atoms with van der Waals surface area (Å²) >= 11 is 5.08. The third-order valence-corrected chi connectivity index (χ3v) is 3.21. The van der Waals surface area contributed by atoms with Crippen molar-refractivity contribution in [2.24, 2.45) is 0 Å². The van der Waals surface area contributed by atoms with E-state index in [2.05, 4.69) is 37.9 Å². The SMILES string of the molecule is CC(C)N(CCN1C(=O)CNC1=S)C(C)C. The Bertz CT molecular complexity index is 254. The molecule has 1 saturated heterocycles. The normalized spacial score (nSPS) is 16.8. The van der Waals surface area contributed by atoms with Crippen LogP contribution in [0.15, 0.2) is 0 Å². The molecule has 0 spiro atoms. The van der Waals surface area contributed by atoms with Gasteiger partial charge in [0.1, 0.15) is 0 Å². The predicted octanol–water partition coefficient (Wildman–Crippen LogP) is 0.822.